The van der Waals surface area contributed by atoms with Gasteiger partial charge in [-0.2, -0.15) is 0 Å². The highest BCUT2D eigenvalue weighted by atomic mass is 16.5. The van der Waals surface area contributed by atoms with Crippen molar-refractivity contribution in [2.24, 2.45) is 0 Å². The second-order valence-electron chi connectivity index (χ2n) is 7.49. The molecule has 0 fully saturated rings. The summed E-state index contributed by atoms with van der Waals surface area (Å²) in [4.78, 5) is 11.3. The van der Waals surface area contributed by atoms with Crippen LogP contribution in [0.3, 0.4) is 0 Å². The van der Waals surface area contributed by atoms with Crippen molar-refractivity contribution in [3.05, 3.63) is 89.5 Å². The molecule has 0 aromatic heterocycles. The summed E-state index contributed by atoms with van der Waals surface area (Å²) in [5.74, 6) is 0.639. The molecule has 32 heavy (non-hydrogen) atoms. The molecule has 5 nitrogen and oxygen atoms in total. The molecule has 1 N–H and O–H groups in total. The van der Waals surface area contributed by atoms with Gasteiger partial charge in [-0.25, -0.2) is 4.79 Å². The lowest BCUT2D eigenvalue weighted by molar-refractivity contribution is -0.149. The van der Waals surface area contributed by atoms with E-state index in [2.05, 4.69) is 24.3 Å². The maximum Gasteiger partial charge on any atom is 0.333 e. The molecule has 0 spiro atoms. The number of ether oxygens (including phenoxy) is 3. The molecule has 0 bridgehead atoms. The molecule has 0 saturated carbocycles. The van der Waals surface area contributed by atoms with E-state index in [0.717, 1.165) is 39.3 Å². The van der Waals surface area contributed by atoms with Gasteiger partial charge in [0.2, 0.25) is 0 Å². The van der Waals surface area contributed by atoms with E-state index in [1.165, 1.54) is 5.56 Å². The van der Waals surface area contributed by atoms with E-state index in [0.29, 0.717) is 19.6 Å². The molecule has 3 aromatic rings. The van der Waals surface area contributed by atoms with Gasteiger partial charge in [-0.05, 0) is 59.0 Å². The van der Waals surface area contributed by atoms with Crippen molar-refractivity contribution in [1.82, 2.24) is 0 Å². The van der Waals surface area contributed by atoms with Crippen LogP contribution in [0.1, 0.15) is 23.6 Å². The molecule has 1 aliphatic carbocycles. The van der Waals surface area contributed by atoms with Gasteiger partial charge in [-0.3, -0.25) is 0 Å². The molecule has 0 heterocycles. The predicted octanol–water partition coefficient (Wildman–Crippen LogP) is 5.22. The molecule has 1 unspecified atom stereocenters. The van der Waals surface area contributed by atoms with Crippen LogP contribution < -0.4 is 9.47 Å². The van der Waals surface area contributed by atoms with Crippen molar-refractivity contribution in [3.8, 4) is 22.6 Å². The molecule has 5 heteroatoms. The van der Waals surface area contributed by atoms with Crippen LogP contribution in [0.4, 0.5) is 0 Å². The summed E-state index contributed by atoms with van der Waals surface area (Å²) in [6, 6.07) is 21.9. The summed E-state index contributed by atoms with van der Waals surface area (Å²) >= 11 is 0. The van der Waals surface area contributed by atoms with Gasteiger partial charge < -0.3 is 19.3 Å². The normalized spacial score (nSPS) is 14.0. The third-order valence-corrected chi connectivity index (χ3v) is 5.55. The summed E-state index contributed by atoms with van der Waals surface area (Å²) in [5, 5.41) is 9.25. The van der Waals surface area contributed by atoms with Crippen LogP contribution in [0.15, 0.2) is 72.8 Å². The minimum atomic E-state index is -0.951. The Hall–Kier alpha value is -3.57. The van der Waals surface area contributed by atoms with E-state index < -0.39 is 12.1 Å². The quantitative estimate of drug-likeness (QED) is 0.394. The zero-order valence-electron chi connectivity index (χ0n) is 18.2. The van der Waals surface area contributed by atoms with Crippen molar-refractivity contribution in [2.45, 2.75) is 19.4 Å². The van der Waals surface area contributed by atoms with Gasteiger partial charge in [-0.1, -0.05) is 48.5 Å². The van der Waals surface area contributed by atoms with Crippen LogP contribution in [-0.2, 0) is 16.0 Å². The summed E-state index contributed by atoms with van der Waals surface area (Å²) in [7, 11) is 1.69. The standard InChI is InChI=1S/C27H26O5/c1-3-31-25(27(28)29)17-18-11-13-19(14-12-18)32-16-15-21-20-7-4-5-8-22(20)26-23(21)9-6-10-24(26)30-2/h4-15,25H,3,16-17H2,1-2H3,(H,28,29)/b21-15+. The molecule has 0 radical (unpaired) electrons. The predicted molar refractivity (Wildman–Crippen MR) is 124 cm³/mol. The molecule has 1 aliphatic rings. The molecule has 3 aromatic carbocycles. The van der Waals surface area contributed by atoms with Gasteiger partial charge in [0, 0.05) is 18.6 Å². The zero-order chi connectivity index (χ0) is 22.5. The van der Waals surface area contributed by atoms with Crippen LogP contribution >= 0.6 is 0 Å². The Bertz CT molecular complexity index is 1130. The van der Waals surface area contributed by atoms with E-state index in [1.54, 1.807) is 14.0 Å². The molecular weight excluding hydrogens is 404 g/mol. The van der Waals surface area contributed by atoms with Gasteiger partial charge in [0.1, 0.15) is 18.1 Å². The van der Waals surface area contributed by atoms with Gasteiger partial charge in [-0.15, -0.1) is 0 Å². The van der Waals surface area contributed by atoms with Gasteiger partial charge in [0.15, 0.2) is 6.10 Å². The highest BCUT2D eigenvalue weighted by Crippen LogP contribution is 2.48. The minimum absolute atomic E-state index is 0.322. The fourth-order valence-corrected chi connectivity index (χ4v) is 4.08. The fourth-order valence-electron chi connectivity index (χ4n) is 4.08. The van der Waals surface area contributed by atoms with Crippen molar-refractivity contribution < 1.29 is 24.1 Å². The summed E-state index contributed by atoms with van der Waals surface area (Å²) in [5.41, 5.74) is 6.61. The summed E-state index contributed by atoms with van der Waals surface area (Å²) < 4.78 is 16.8. The number of methoxy groups -OCH3 is 1. The first-order chi connectivity index (χ1) is 15.6. The Labute approximate surface area is 187 Å². The fraction of sp³-hybridized carbons (Fsp3) is 0.222. The second-order valence-corrected chi connectivity index (χ2v) is 7.49. The average Bonchev–Trinajstić information content (AvgIpc) is 3.14. The summed E-state index contributed by atoms with van der Waals surface area (Å²) in [6.07, 6.45) is 1.58. The minimum Gasteiger partial charge on any atom is -0.496 e. The summed E-state index contributed by atoms with van der Waals surface area (Å²) in [6.45, 7) is 2.57. The Kier molecular flexibility index (Phi) is 6.57. The SMILES string of the molecule is CCOC(Cc1ccc(OC/C=C2\c3ccccc3-c3c(OC)cccc32)cc1)C(=O)O. The van der Waals surface area contributed by atoms with Crippen LogP contribution in [-0.4, -0.2) is 37.5 Å². The third kappa shape index (κ3) is 4.39. The van der Waals surface area contributed by atoms with Crippen molar-refractivity contribution in [3.63, 3.8) is 0 Å². The monoisotopic (exact) mass is 430 g/mol. The number of fused-ring (bicyclic) bond motifs is 3. The highest BCUT2D eigenvalue weighted by Gasteiger charge is 2.25. The topological polar surface area (TPSA) is 65.0 Å². The molecule has 4 rings (SSSR count). The molecule has 0 aliphatic heterocycles. The van der Waals surface area contributed by atoms with Crippen LogP contribution in [0, 0.1) is 0 Å². The number of hydrogen-bond acceptors (Lipinski definition) is 4. The zero-order valence-corrected chi connectivity index (χ0v) is 18.2. The highest BCUT2D eigenvalue weighted by molar-refractivity contribution is 6.03. The number of benzene rings is 3. The van der Waals surface area contributed by atoms with E-state index in [4.69, 9.17) is 14.2 Å². The molecule has 0 saturated heterocycles. The van der Waals surface area contributed by atoms with E-state index in [1.807, 2.05) is 48.5 Å². The Morgan fingerprint density at radius 1 is 0.969 bits per heavy atom. The lowest BCUT2D eigenvalue weighted by Gasteiger charge is -2.12. The van der Waals surface area contributed by atoms with Crippen LogP contribution in [0.25, 0.3) is 16.7 Å². The number of hydrogen-bond donors (Lipinski definition) is 1. The lowest BCUT2D eigenvalue weighted by Crippen LogP contribution is -2.26. The smallest absolute Gasteiger partial charge is 0.333 e. The number of rotatable bonds is 9. The van der Waals surface area contributed by atoms with Gasteiger partial charge in [0.05, 0.1) is 7.11 Å². The van der Waals surface area contributed by atoms with Crippen molar-refractivity contribution in [1.29, 1.82) is 0 Å². The van der Waals surface area contributed by atoms with Crippen LogP contribution in [0.2, 0.25) is 0 Å². The van der Waals surface area contributed by atoms with Crippen molar-refractivity contribution >= 4 is 11.5 Å². The number of carboxylic acids is 1. The molecule has 0 amide bonds. The first-order valence-electron chi connectivity index (χ1n) is 10.7. The first kappa shape index (κ1) is 21.7. The van der Waals surface area contributed by atoms with Crippen molar-refractivity contribution in [2.75, 3.05) is 20.3 Å². The first-order valence-corrected chi connectivity index (χ1v) is 10.7. The Balaban J connectivity index is 1.49. The van der Waals surface area contributed by atoms with E-state index in [9.17, 15) is 9.90 Å². The Morgan fingerprint density at radius 2 is 1.69 bits per heavy atom. The third-order valence-electron chi connectivity index (χ3n) is 5.55. The molecular formula is C27H26O5. The van der Waals surface area contributed by atoms with Gasteiger partial charge in [0.25, 0.3) is 0 Å². The number of aliphatic carboxylic acids is 1. The van der Waals surface area contributed by atoms with Gasteiger partial charge >= 0.3 is 5.97 Å². The number of carbonyl (C=O) groups is 1. The van der Waals surface area contributed by atoms with Crippen LogP contribution in [0.5, 0.6) is 11.5 Å². The molecule has 1 atom stereocenters. The average molecular weight is 431 g/mol. The van der Waals surface area contributed by atoms with E-state index >= 15 is 0 Å². The maximum atomic E-state index is 11.3. The maximum absolute atomic E-state index is 11.3. The largest absolute Gasteiger partial charge is 0.496 e. The Morgan fingerprint density at radius 3 is 2.38 bits per heavy atom. The molecule has 164 valence electrons. The second kappa shape index (κ2) is 9.71. The van der Waals surface area contributed by atoms with E-state index in [-0.39, 0.29) is 0 Å². The lowest BCUT2D eigenvalue weighted by atomic mass is 10.0. The number of carboxylic acid groups (broad SMARTS) is 1.